The van der Waals surface area contributed by atoms with E-state index in [2.05, 4.69) is 5.32 Å². The summed E-state index contributed by atoms with van der Waals surface area (Å²) in [6.07, 6.45) is 1.41. The van der Waals surface area contributed by atoms with Crippen LogP contribution in [0.25, 0.3) is 0 Å². The molecule has 1 amide bonds. The molecule has 0 spiro atoms. The topological polar surface area (TPSA) is 116 Å². The molecule has 11 heteroatoms. The lowest BCUT2D eigenvalue weighted by molar-refractivity contribution is -0.143. The number of anilines is 1. The molecule has 0 radical (unpaired) electrons. The average molecular weight is 667 g/mol. The number of likely N-dealkylation sites (tertiary alicyclic amines) is 1. The summed E-state index contributed by atoms with van der Waals surface area (Å²) in [5, 5.41) is 14.4. The Kier molecular flexibility index (Phi) is 12.0. The average Bonchev–Trinajstić information content (AvgIpc) is 3.46. The number of nitrogens with zero attached hydrogens (tertiary/aromatic N) is 1. The Bertz CT molecular complexity index is 1510. The Morgan fingerprint density at radius 2 is 1.57 bits per heavy atom. The van der Waals surface area contributed by atoms with Crippen LogP contribution in [-0.2, 0) is 31.9 Å². The molecule has 1 unspecified atom stereocenters. The fraction of sp³-hybridized carbons (Fsp3) is 0.444. The van der Waals surface area contributed by atoms with Crippen molar-refractivity contribution in [3.63, 3.8) is 0 Å². The third kappa shape index (κ3) is 8.37. The first kappa shape index (κ1) is 34.5. The summed E-state index contributed by atoms with van der Waals surface area (Å²) in [6.45, 7) is 7.08. The number of carboxylic acids is 1. The summed E-state index contributed by atoms with van der Waals surface area (Å²) in [7, 11) is 1.62. The van der Waals surface area contributed by atoms with Gasteiger partial charge >= 0.3 is 5.97 Å². The molecule has 1 saturated heterocycles. The lowest BCUT2D eigenvalue weighted by Crippen LogP contribution is -2.35. The monoisotopic (exact) mass is 666 g/mol. The zero-order valence-corrected chi connectivity index (χ0v) is 27.9. The summed E-state index contributed by atoms with van der Waals surface area (Å²) in [4.78, 5) is 28.7. The normalized spacial score (nSPS) is 19.0. The van der Waals surface area contributed by atoms with Gasteiger partial charge in [0.1, 0.15) is 25.6 Å². The van der Waals surface area contributed by atoms with Gasteiger partial charge in [0, 0.05) is 36.3 Å². The highest BCUT2D eigenvalue weighted by Gasteiger charge is 2.48. The first-order valence-corrected chi connectivity index (χ1v) is 16.5. The number of nitrogens with one attached hydrogen (secondary N) is 1. The second-order valence-electron chi connectivity index (χ2n) is 11.6. The van der Waals surface area contributed by atoms with Gasteiger partial charge in [-0.15, -0.1) is 0 Å². The summed E-state index contributed by atoms with van der Waals surface area (Å²) < 4.78 is 27.8. The van der Waals surface area contributed by atoms with Gasteiger partial charge in [-0.25, -0.2) is 0 Å². The van der Waals surface area contributed by atoms with Gasteiger partial charge in [-0.05, 0) is 71.5 Å². The van der Waals surface area contributed by atoms with Crippen LogP contribution in [0.5, 0.6) is 17.2 Å². The smallest absolute Gasteiger partial charge is 0.309 e. The number of ether oxygens (including phenoxy) is 5. The maximum Gasteiger partial charge on any atom is 0.309 e. The number of carbonyl (C=O) groups is 2. The van der Waals surface area contributed by atoms with Crippen LogP contribution in [0.3, 0.4) is 0 Å². The predicted octanol–water partition coefficient (Wildman–Crippen LogP) is 5.76. The van der Waals surface area contributed by atoms with Gasteiger partial charge in [0.2, 0.25) is 5.91 Å². The van der Waals surface area contributed by atoms with Gasteiger partial charge in [-0.2, -0.15) is 0 Å². The number of aryl methyl sites for hydroxylation is 2. The minimum Gasteiger partial charge on any atom is -0.491 e. The van der Waals surface area contributed by atoms with Crippen molar-refractivity contribution in [2.75, 3.05) is 65.2 Å². The van der Waals surface area contributed by atoms with Crippen molar-refractivity contribution in [2.24, 2.45) is 5.92 Å². The molecule has 3 aromatic carbocycles. The molecule has 5 rings (SSSR count). The Morgan fingerprint density at radius 1 is 0.915 bits per heavy atom. The molecule has 47 heavy (non-hydrogen) atoms. The minimum atomic E-state index is -0.939. The van der Waals surface area contributed by atoms with Crippen LogP contribution >= 0.6 is 11.6 Å². The molecule has 3 aromatic rings. The lowest BCUT2D eigenvalue weighted by Gasteiger charge is -2.27. The van der Waals surface area contributed by atoms with Crippen LogP contribution in [0.15, 0.2) is 54.6 Å². The highest BCUT2D eigenvalue weighted by atomic mass is 35.5. The predicted molar refractivity (Wildman–Crippen MR) is 179 cm³/mol. The second kappa shape index (κ2) is 16.3. The highest BCUT2D eigenvalue weighted by Crippen LogP contribution is 2.47. The number of aliphatic carboxylic acids is 1. The van der Waals surface area contributed by atoms with Gasteiger partial charge < -0.3 is 34.1 Å². The molecule has 0 bridgehead atoms. The summed E-state index contributed by atoms with van der Waals surface area (Å²) >= 11 is 6.36. The molecule has 0 aromatic heterocycles. The lowest BCUT2D eigenvalue weighted by atomic mass is 9.82. The highest BCUT2D eigenvalue weighted by molar-refractivity contribution is 6.30. The molecule has 1 fully saturated rings. The van der Waals surface area contributed by atoms with E-state index in [1.807, 2.05) is 73.3 Å². The number of fused-ring (bicyclic) bond motifs is 1. The van der Waals surface area contributed by atoms with E-state index in [9.17, 15) is 14.7 Å². The first-order valence-electron chi connectivity index (χ1n) is 16.1. The maximum atomic E-state index is 13.7. The van der Waals surface area contributed by atoms with Crippen molar-refractivity contribution in [3.05, 3.63) is 81.9 Å². The van der Waals surface area contributed by atoms with E-state index in [1.54, 1.807) is 7.11 Å². The number of hydrogen-bond acceptors (Lipinski definition) is 8. The van der Waals surface area contributed by atoms with Gasteiger partial charge in [-0.1, -0.05) is 43.6 Å². The summed E-state index contributed by atoms with van der Waals surface area (Å²) in [5.41, 5.74) is 4.29. The van der Waals surface area contributed by atoms with Crippen LogP contribution in [0.4, 0.5) is 5.69 Å². The number of hydrogen-bond donors (Lipinski definition) is 2. The molecule has 2 aliphatic heterocycles. The van der Waals surface area contributed by atoms with Crippen molar-refractivity contribution < 1.29 is 38.4 Å². The molecule has 0 saturated carbocycles. The third-order valence-electron chi connectivity index (χ3n) is 8.67. The number of amides is 1. The number of halogens is 1. The Hall–Kier alpha value is -3.83. The van der Waals surface area contributed by atoms with Crippen LogP contribution in [0.2, 0.25) is 5.02 Å². The van der Waals surface area contributed by atoms with E-state index >= 15 is 0 Å². The zero-order valence-electron chi connectivity index (χ0n) is 27.1. The van der Waals surface area contributed by atoms with Crippen LogP contribution in [0.1, 0.15) is 48.1 Å². The first-order chi connectivity index (χ1) is 22.8. The molecule has 252 valence electrons. The number of methoxy groups -OCH3 is 1. The maximum absolute atomic E-state index is 13.7. The quantitative estimate of drug-likeness (QED) is 0.195. The van der Waals surface area contributed by atoms with Crippen molar-refractivity contribution in [2.45, 2.75) is 38.6 Å². The Balaban J connectivity index is 1.41. The Labute approximate surface area is 280 Å². The second-order valence-corrected chi connectivity index (χ2v) is 12.1. The van der Waals surface area contributed by atoms with Gasteiger partial charge in [-0.3, -0.25) is 14.5 Å². The van der Waals surface area contributed by atoms with Gasteiger partial charge in [0.25, 0.3) is 0 Å². The number of carboxylic acid groups (broad SMARTS) is 1. The van der Waals surface area contributed by atoms with Gasteiger partial charge in [0.05, 0.1) is 32.3 Å². The van der Waals surface area contributed by atoms with E-state index in [-0.39, 0.29) is 12.5 Å². The van der Waals surface area contributed by atoms with E-state index in [0.29, 0.717) is 81.3 Å². The van der Waals surface area contributed by atoms with E-state index < -0.39 is 23.8 Å². The molecule has 10 nitrogen and oxygen atoms in total. The number of benzene rings is 3. The van der Waals surface area contributed by atoms with Crippen LogP contribution < -0.4 is 19.5 Å². The Morgan fingerprint density at radius 3 is 2.23 bits per heavy atom. The largest absolute Gasteiger partial charge is 0.491 e. The van der Waals surface area contributed by atoms with Crippen molar-refractivity contribution >= 4 is 29.2 Å². The molecule has 3 atom stereocenters. The van der Waals surface area contributed by atoms with Crippen molar-refractivity contribution in [1.82, 2.24) is 4.90 Å². The standard InChI is InChI=1S/C36H43ClN2O8/c1-4-23-18-27(37)19-24(5-2)34(23)38-32(40)22-39-21-29(26-8-11-30-31(20-26)47-17-16-46-30)33(36(41)42)35(39)25-6-9-28(10-7-25)45-15-14-44-13-12-43-3/h6-11,18-20,29,33,35H,4-5,12-17,21-22H2,1-3H3,(H,38,40)(H,41,42)/t29-,33?,35+/m1/s1. The molecule has 2 heterocycles. The van der Waals surface area contributed by atoms with Gasteiger partial charge in [0.15, 0.2) is 11.5 Å². The van der Waals surface area contributed by atoms with Crippen LogP contribution in [0, 0.1) is 5.92 Å². The fourth-order valence-electron chi connectivity index (χ4n) is 6.45. The van der Waals surface area contributed by atoms with Crippen LogP contribution in [-0.4, -0.2) is 81.7 Å². The zero-order chi connectivity index (χ0) is 33.3. The summed E-state index contributed by atoms with van der Waals surface area (Å²) in [5.74, 6) is -0.524. The fourth-order valence-corrected chi connectivity index (χ4v) is 6.71. The number of rotatable bonds is 15. The SMILES string of the molecule is CCc1cc(Cl)cc(CC)c1NC(=O)CN1C[C@H](c2ccc3c(c2)OCCO3)C(C(=O)O)[C@@H]1c1ccc(OCCOCCOC)cc1. The van der Waals surface area contributed by atoms with Crippen molar-refractivity contribution in [3.8, 4) is 17.2 Å². The number of carbonyl (C=O) groups excluding carboxylic acids is 1. The van der Waals surface area contributed by atoms with Crippen molar-refractivity contribution in [1.29, 1.82) is 0 Å². The molecule has 2 N–H and O–H groups in total. The molecular formula is C36H43ClN2O8. The molecule has 0 aliphatic carbocycles. The molecule has 2 aliphatic rings. The van der Waals surface area contributed by atoms with E-state index in [1.165, 1.54) is 0 Å². The summed E-state index contributed by atoms with van der Waals surface area (Å²) in [6, 6.07) is 16.2. The van der Waals surface area contributed by atoms with E-state index in [4.69, 9.17) is 35.3 Å². The minimum absolute atomic E-state index is 0.00149. The van der Waals surface area contributed by atoms with E-state index in [0.717, 1.165) is 27.9 Å². The third-order valence-corrected chi connectivity index (χ3v) is 8.89. The molecular weight excluding hydrogens is 624 g/mol.